The van der Waals surface area contributed by atoms with Crippen molar-refractivity contribution in [1.82, 2.24) is 14.6 Å². The van der Waals surface area contributed by atoms with Gasteiger partial charge in [0.15, 0.2) is 17.7 Å². The first kappa shape index (κ1) is 20.0. The molecular weight excluding hydrogens is 405 g/mol. The number of ether oxygens (including phenoxy) is 2. The summed E-state index contributed by atoms with van der Waals surface area (Å²) in [6.07, 6.45) is 3.21. The predicted molar refractivity (Wildman–Crippen MR) is 111 cm³/mol. The molecule has 3 aromatic rings. The molecule has 0 saturated carbocycles. The maximum atomic E-state index is 13.4. The van der Waals surface area contributed by atoms with Gasteiger partial charge in [0.2, 0.25) is 0 Å². The van der Waals surface area contributed by atoms with E-state index in [9.17, 15) is 14.6 Å². The van der Waals surface area contributed by atoms with E-state index in [0.29, 0.717) is 43.9 Å². The molecular formula is C21H24FN5O4. The van der Waals surface area contributed by atoms with Crippen LogP contribution in [0.2, 0.25) is 0 Å². The summed E-state index contributed by atoms with van der Waals surface area (Å²) >= 11 is 0. The van der Waals surface area contributed by atoms with Crippen LogP contribution in [0.5, 0.6) is 5.75 Å². The second-order valence-corrected chi connectivity index (χ2v) is 8.15. The second kappa shape index (κ2) is 7.63. The molecule has 2 atom stereocenters. The van der Waals surface area contributed by atoms with E-state index in [1.807, 2.05) is 19.1 Å². The Kier molecular flexibility index (Phi) is 4.92. The van der Waals surface area contributed by atoms with Crippen LogP contribution in [0.25, 0.3) is 5.65 Å². The van der Waals surface area contributed by atoms with E-state index in [0.717, 1.165) is 28.9 Å². The van der Waals surface area contributed by atoms with Crippen molar-refractivity contribution < 1.29 is 24.1 Å². The maximum absolute atomic E-state index is 13.4. The minimum Gasteiger partial charge on any atom is -0.484 e. The SMILES string of the molecule is C[C@@]1(CO)Cc2cc(NC(O)c3cnn4cc(F)cnc34)c(N3CCOCC3)cc2O1. The molecule has 0 aliphatic carbocycles. The number of fused-ring (bicyclic) bond motifs is 2. The Labute approximate surface area is 178 Å². The maximum Gasteiger partial charge on any atom is 0.162 e. The molecule has 2 aromatic heterocycles. The van der Waals surface area contributed by atoms with Crippen LogP contribution >= 0.6 is 0 Å². The first-order valence-electron chi connectivity index (χ1n) is 10.2. The smallest absolute Gasteiger partial charge is 0.162 e. The Morgan fingerprint density at radius 3 is 2.87 bits per heavy atom. The van der Waals surface area contributed by atoms with Gasteiger partial charge in [0.05, 0.1) is 55.3 Å². The lowest BCUT2D eigenvalue weighted by molar-refractivity contribution is 0.0446. The summed E-state index contributed by atoms with van der Waals surface area (Å²) in [4.78, 5) is 6.22. The van der Waals surface area contributed by atoms with Gasteiger partial charge in [0.25, 0.3) is 0 Å². The zero-order valence-electron chi connectivity index (χ0n) is 17.1. The van der Waals surface area contributed by atoms with Crippen molar-refractivity contribution in [2.45, 2.75) is 25.2 Å². The number of morpholine rings is 1. The summed E-state index contributed by atoms with van der Waals surface area (Å²) < 4.78 is 26.2. The normalized spacial score (nSPS) is 21.7. The number of benzene rings is 1. The molecule has 0 radical (unpaired) electrons. The molecule has 9 nitrogen and oxygen atoms in total. The molecule has 1 fully saturated rings. The number of hydrogen-bond donors (Lipinski definition) is 3. The zero-order valence-corrected chi connectivity index (χ0v) is 17.1. The first-order valence-corrected chi connectivity index (χ1v) is 10.2. The van der Waals surface area contributed by atoms with Crippen molar-refractivity contribution in [2.24, 2.45) is 0 Å². The highest BCUT2D eigenvalue weighted by molar-refractivity contribution is 5.75. The van der Waals surface area contributed by atoms with E-state index >= 15 is 0 Å². The van der Waals surface area contributed by atoms with E-state index in [-0.39, 0.29) is 6.61 Å². The zero-order chi connectivity index (χ0) is 21.6. The third-order valence-corrected chi connectivity index (χ3v) is 5.72. The lowest BCUT2D eigenvalue weighted by Gasteiger charge is -2.31. The molecule has 31 heavy (non-hydrogen) atoms. The molecule has 5 rings (SSSR count). The van der Waals surface area contributed by atoms with Gasteiger partial charge in [-0.25, -0.2) is 13.9 Å². The standard InChI is InChI=1S/C21H24FN5O4/c1-21(12-28)8-13-6-16(17(7-18(13)31-21)26-2-4-30-5-3-26)25-20(29)15-10-24-27-11-14(22)9-23-19(15)27/h6-7,9-11,20,25,28-29H,2-5,8,12H2,1H3/t20?,21-/m0/s1. The van der Waals surface area contributed by atoms with Crippen LogP contribution in [0.1, 0.15) is 24.3 Å². The number of aromatic nitrogens is 3. The average molecular weight is 429 g/mol. The van der Waals surface area contributed by atoms with E-state index in [4.69, 9.17) is 9.47 Å². The molecule has 1 aromatic carbocycles. The molecule has 10 heteroatoms. The topological polar surface area (TPSA) is 104 Å². The third-order valence-electron chi connectivity index (χ3n) is 5.72. The summed E-state index contributed by atoms with van der Waals surface area (Å²) in [5, 5.41) is 27.9. The van der Waals surface area contributed by atoms with Gasteiger partial charge in [-0.2, -0.15) is 5.10 Å². The van der Waals surface area contributed by atoms with Crippen LogP contribution in [0, 0.1) is 5.82 Å². The van der Waals surface area contributed by atoms with Crippen molar-refractivity contribution in [2.75, 3.05) is 43.1 Å². The Bertz CT molecular complexity index is 1120. The highest BCUT2D eigenvalue weighted by atomic mass is 19.1. The third kappa shape index (κ3) is 3.67. The number of hydrogen-bond acceptors (Lipinski definition) is 8. The molecule has 0 amide bonds. The minimum atomic E-state index is -1.11. The summed E-state index contributed by atoms with van der Waals surface area (Å²) in [6, 6.07) is 3.89. The summed E-state index contributed by atoms with van der Waals surface area (Å²) in [6.45, 7) is 4.41. The lowest BCUT2D eigenvalue weighted by atomic mass is 9.99. The van der Waals surface area contributed by atoms with Gasteiger partial charge in [-0.05, 0) is 13.0 Å². The predicted octanol–water partition coefficient (Wildman–Crippen LogP) is 1.49. The van der Waals surface area contributed by atoms with Crippen LogP contribution in [-0.2, 0) is 11.2 Å². The highest BCUT2D eigenvalue weighted by Crippen LogP contribution is 2.42. The second-order valence-electron chi connectivity index (χ2n) is 8.15. The highest BCUT2D eigenvalue weighted by Gasteiger charge is 2.35. The van der Waals surface area contributed by atoms with Gasteiger partial charge in [-0.15, -0.1) is 0 Å². The Hall–Kier alpha value is -2.95. The molecule has 0 bridgehead atoms. The molecule has 4 heterocycles. The van der Waals surface area contributed by atoms with Gasteiger partial charge in [0, 0.05) is 31.1 Å². The fraction of sp³-hybridized carbons (Fsp3) is 0.429. The molecule has 164 valence electrons. The van der Waals surface area contributed by atoms with Gasteiger partial charge in [0.1, 0.15) is 11.4 Å². The largest absolute Gasteiger partial charge is 0.484 e. The molecule has 2 aliphatic heterocycles. The Balaban J connectivity index is 1.50. The summed E-state index contributed by atoms with van der Waals surface area (Å²) in [7, 11) is 0. The van der Waals surface area contributed by atoms with E-state index in [1.165, 1.54) is 16.9 Å². The quantitative estimate of drug-likeness (QED) is 0.524. The van der Waals surface area contributed by atoms with Crippen LogP contribution in [-0.4, -0.2) is 63.3 Å². The number of aliphatic hydroxyl groups excluding tert-OH is 2. The van der Waals surface area contributed by atoms with Crippen molar-refractivity contribution >= 4 is 17.0 Å². The van der Waals surface area contributed by atoms with Crippen molar-refractivity contribution in [3.8, 4) is 5.75 Å². The van der Waals surface area contributed by atoms with Crippen molar-refractivity contribution in [1.29, 1.82) is 0 Å². The number of rotatable bonds is 5. The number of halogens is 1. The van der Waals surface area contributed by atoms with Crippen LogP contribution in [0.15, 0.2) is 30.7 Å². The fourth-order valence-corrected chi connectivity index (χ4v) is 4.11. The minimum absolute atomic E-state index is 0.0927. The fourth-order valence-electron chi connectivity index (χ4n) is 4.11. The molecule has 1 saturated heterocycles. The number of anilines is 2. The monoisotopic (exact) mass is 429 g/mol. The number of nitrogens with zero attached hydrogens (tertiary/aromatic N) is 4. The molecule has 1 unspecified atom stereocenters. The average Bonchev–Trinajstić information content (AvgIpc) is 3.33. The van der Waals surface area contributed by atoms with Crippen LogP contribution < -0.4 is 15.0 Å². The van der Waals surface area contributed by atoms with Gasteiger partial charge in [-0.3, -0.25) is 0 Å². The van der Waals surface area contributed by atoms with E-state index < -0.39 is 17.6 Å². The molecule has 3 N–H and O–H groups in total. The number of nitrogens with one attached hydrogen (secondary N) is 1. The van der Waals surface area contributed by atoms with E-state index in [2.05, 4.69) is 20.3 Å². The first-order chi connectivity index (χ1) is 15.0. The summed E-state index contributed by atoms with van der Waals surface area (Å²) in [5.74, 6) is 0.218. The van der Waals surface area contributed by atoms with Gasteiger partial charge in [-0.1, -0.05) is 0 Å². The van der Waals surface area contributed by atoms with E-state index in [1.54, 1.807) is 0 Å². The lowest BCUT2D eigenvalue weighted by Crippen LogP contribution is -2.36. The van der Waals surface area contributed by atoms with Gasteiger partial charge >= 0.3 is 0 Å². The van der Waals surface area contributed by atoms with Crippen molar-refractivity contribution in [3.05, 3.63) is 47.7 Å². The van der Waals surface area contributed by atoms with Gasteiger partial charge < -0.3 is 29.9 Å². The number of aliphatic hydroxyl groups is 2. The Morgan fingerprint density at radius 2 is 2.10 bits per heavy atom. The van der Waals surface area contributed by atoms with Crippen LogP contribution in [0.4, 0.5) is 15.8 Å². The van der Waals surface area contributed by atoms with Crippen LogP contribution in [0.3, 0.4) is 0 Å². The molecule has 0 spiro atoms. The molecule has 2 aliphatic rings. The summed E-state index contributed by atoms with van der Waals surface area (Å²) in [5.41, 5.74) is 2.68. The Morgan fingerprint density at radius 1 is 1.29 bits per heavy atom. The van der Waals surface area contributed by atoms with Crippen molar-refractivity contribution in [3.63, 3.8) is 0 Å².